The Morgan fingerprint density at radius 3 is 2.12 bits per heavy atom. The summed E-state index contributed by atoms with van der Waals surface area (Å²) in [6.07, 6.45) is 0.201. The van der Waals surface area contributed by atoms with Crippen LogP contribution >= 0.6 is 0 Å². The van der Waals surface area contributed by atoms with E-state index in [0.29, 0.717) is 31.5 Å². The lowest BCUT2D eigenvalue weighted by Crippen LogP contribution is -2.46. The minimum Gasteiger partial charge on any atom is -0.349 e. The molecule has 0 spiro atoms. The molecular formula is C24H22F3N3O2. The lowest BCUT2D eigenvalue weighted by molar-refractivity contribution is -0.137. The smallest absolute Gasteiger partial charge is 0.349 e. The predicted octanol–water partition coefficient (Wildman–Crippen LogP) is 4.53. The van der Waals surface area contributed by atoms with E-state index in [4.69, 9.17) is 0 Å². The van der Waals surface area contributed by atoms with Crippen LogP contribution in [-0.2, 0) is 6.18 Å². The summed E-state index contributed by atoms with van der Waals surface area (Å²) >= 11 is 0. The van der Waals surface area contributed by atoms with E-state index in [1.165, 1.54) is 18.2 Å². The van der Waals surface area contributed by atoms with E-state index in [0.717, 1.165) is 11.8 Å². The summed E-state index contributed by atoms with van der Waals surface area (Å²) in [5, 5.41) is 2.69. The summed E-state index contributed by atoms with van der Waals surface area (Å²) in [7, 11) is 0. The van der Waals surface area contributed by atoms with Crippen LogP contribution in [0.1, 0.15) is 39.1 Å². The fourth-order valence-electron chi connectivity index (χ4n) is 3.88. The molecule has 0 saturated carbocycles. The average Bonchev–Trinajstić information content (AvgIpc) is 3.34. The lowest BCUT2D eigenvalue weighted by Gasteiger charge is -2.32. The van der Waals surface area contributed by atoms with Gasteiger partial charge in [0, 0.05) is 42.8 Å². The molecule has 1 saturated heterocycles. The van der Waals surface area contributed by atoms with Crippen LogP contribution in [0, 0.1) is 0 Å². The highest BCUT2D eigenvalue weighted by Gasteiger charge is 2.35. The van der Waals surface area contributed by atoms with Crippen molar-refractivity contribution in [1.82, 2.24) is 14.8 Å². The Morgan fingerprint density at radius 2 is 1.50 bits per heavy atom. The maximum absolute atomic E-state index is 13.2. The fraction of sp³-hybridized carbons (Fsp3) is 0.250. The molecule has 0 atom stereocenters. The summed E-state index contributed by atoms with van der Waals surface area (Å²) in [4.78, 5) is 27.0. The van der Waals surface area contributed by atoms with Gasteiger partial charge in [-0.25, -0.2) is 0 Å². The second-order valence-corrected chi connectivity index (χ2v) is 7.72. The summed E-state index contributed by atoms with van der Waals surface area (Å²) in [5.41, 5.74) is 0.185. The molecule has 1 aliphatic rings. The largest absolute Gasteiger partial charge is 0.417 e. The van der Waals surface area contributed by atoms with Gasteiger partial charge in [-0.3, -0.25) is 9.59 Å². The Bertz CT molecular complexity index is 1080. The van der Waals surface area contributed by atoms with Crippen molar-refractivity contribution < 1.29 is 22.8 Å². The van der Waals surface area contributed by atoms with Crippen LogP contribution in [0.4, 0.5) is 13.2 Å². The molecule has 1 fully saturated rings. The Labute approximate surface area is 183 Å². The van der Waals surface area contributed by atoms with Crippen molar-refractivity contribution in [2.45, 2.75) is 25.1 Å². The van der Waals surface area contributed by atoms with E-state index in [1.807, 2.05) is 41.2 Å². The van der Waals surface area contributed by atoms with Crippen LogP contribution in [0.15, 0.2) is 73.1 Å². The molecule has 32 heavy (non-hydrogen) atoms. The van der Waals surface area contributed by atoms with Crippen molar-refractivity contribution in [2.24, 2.45) is 0 Å². The summed E-state index contributed by atoms with van der Waals surface area (Å²) in [6, 6.07) is 15.6. The second-order valence-electron chi connectivity index (χ2n) is 7.72. The summed E-state index contributed by atoms with van der Waals surface area (Å²) in [5.74, 6) is -0.848. The van der Waals surface area contributed by atoms with Gasteiger partial charge in [-0.15, -0.1) is 0 Å². The molecule has 0 unspecified atom stereocenters. The molecule has 0 bridgehead atoms. The highest BCUT2D eigenvalue weighted by Crippen LogP contribution is 2.32. The molecule has 8 heteroatoms. The predicted molar refractivity (Wildman–Crippen MR) is 114 cm³/mol. The lowest BCUT2D eigenvalue weighted by atomic mass is 10.0. The number of alkyl halides is 3. The van der Waals surface area contributed by atoms with Gasteiger partial charge < -0.3 is 14.8 Å². The maximum Gasteiger partial charge on any atom is 0.417 e. The van der Waals surface area contributed by atoms with Crippen molar-refractivity contribution in [3.05, 3.63) is 89.7 Å². The first kappa shape index (κ1) is 21.7. The number of benzene rings is 2. The SMILES string of the molecule is O=C(NC1CCN(C(=O)c2ccc(-n3cccc3)cc2)CC1)c1ccccc1C(F)(F)F. The van der Waals surface area contributed by atoms with Gasteiger partial charge in [0.2, 0.25) is 0 Å². The fourth-order valence-corrected chi connectivity index (χ4v) is 3.88. The molecule has 2 amide bonds. The molecule has 3 aromatic rings. The Balaban J connectivity index is 1.34. The standard InChI is InChI=1S/C24H22F3N3O2/c25-24(26,27)21-6-2-1-5-20(21)22(31)28-18-11-15-30(16-12-18)23(32)17-7-9-19(10-8-17)29-13-3-4-14-29/h1-10,13-14,18H,11-12,15-16H2,(H,28,31). The van der Waals surface area contributed by atoms with Gasteiger partial charge in [0.25, 0.3) is 11.8 Å². The van der Waals surface area contributed by atoms with Crippen molar-refractivity contribution in [3.63, 3.8) is 0 Å². The molecule has 166 valence electrons. The zero-order valence-electron chi connectivity index (χ0n) is 17.2. The number of nitrogens with one attached hydrogen (secondary N) is 1. The molecule has 1 N–H and O–H groups in total. The van der Waals surface area contributed by atoms with Gasteiger partial charge in [-0.2, -0.15) is 13.2 Å². The van der Waals surface area contributed by atoms with E-state index < -0.39 is 17.6 Å². The van der Waals surface area contributed by atoms with E-state index in [-0.39, 0.29) is 17.5 Å². The molecule has 1 aromatic heterocycles. The van der Waals surface area contributed by atoms with Crippen LogP contribution in [0.3, 0.4) is 0 Å². The number of hydrogen-bond acceptors (Lipinski definition) is 2. The van der Waals surface area contributed by atoms with Crippen LogP contribution in [-0.4, -0.2) is 40.4 Å². The van der Waals surface area contributed by atoms with Crippen molar-refractivity contribution in [1.29, 1.82) is 0 Å². The van der Waals surface area contributed by atoms with Crippen LogP contribution < -0.4 is 5.32 Å². The molecular weight excluding hydrogens is 419 g/mol. The van der Waals surface area contributed by atoms with Crippen LogP contribution in [0.2, 0.25) is 0 Å². The highest BCUT2D eigenvalue weighted by molar-refractivity contribution is 5.96. The number of hydrogen-bond donors (Lipinski definition) is 1. The van der Waals surface area contributed by atoms with E-state index in [2.05, 4.69) is 5.32 Å². The number of rotatable bonds is 4. The number of piperidine rings is 1. The second kappa shape index (κ2) is 8.90. The number of halogens is 3. The van der Waals surface area contributed by atoms with Crippen LogP contribution in [0.5, 0.6) is 0 Å². The van der Waals surface area contributed by atoms with E-state index >= 15 is 0 Å². The topological polar surface area (TPSA) is 54.3 Å². The number of aromatic nitrogens is 1. The van der Waals surface area contributed by atoms with Gasteiger partial charge >= 0.3 is 6.18 Å². The highest BCUT2D eigenvalue weighted by atomic mass is 19.4. The number of nitrogens with zero attached hydrogens (tertiary/aromatic N) is 2. The molecule has 0 aliphatic carbocycles. The third-order valence-corrected chi connectivity index (χ3v) is 5.61. The van der Waals surface area contributed by atoms with Crippen molar-refractivity contribution in [2.75, 3.05) is 13.1 Å². The Hall–Kier alpha value is -3.55. The number of amides is 2. The molecule has 2 heterocycles. The first-order valence-electron chi connectivity index (χ1n) is 10.3. The van der Waals surface area contributed by atoms with Crippen LogP contribution in [0.25, 0.3) is 5.69 Å². The molecule has 4 rings (SSSR count). The molecule has 5 nitrogen and oxygen atoms in total. The monoisotopic (exact) mass is 441 g/mol. The number of likely N-dealkylation sites (tertiary alicyclic amines) is 1. The van der Waals surface area contributed by atoms with E-state index in [9.17, 15) is 22.8 Å². The third-order valence-electron chi connectivity index (χ3n) is 5.61. The summed E-state index contributed by atoms with van der Waals surface area (Å²) < 4.78 is 41.4. The zero-order valence-corrected chi connectivity index (χ0v) is 17.2. The zero-order chi connectivity index (χ0) is 22.7. The summed E-state index contributed by atoms with van der Waals surface area (Å²) in [6.45, 7) is 0.841. The average molecular weight is 441 g/mol. The Kier molecular flexibility index (Phi) is 6.03. The number of carbonyl (C=O) groups excluding carboxylic acids is 2. The van der Waals surface area contributed by atoms with Gasteiger partial charge in [-0.05, 0) is 61.4 Å². The quantitative estimate of drug-likeness (QED) is 0.647. The number of carbonyl (C=O) groups is 2. The van der Waals surface area contributed by atoms with Crippen molar-refractivity contribution >= 4 is 11.8 Å². The molecule has 1 aliphatic heterocycles. The Morgan fingerprint density at radius 1 is 0.875 bits per heavy atom. The minimum absolute atomic E-state index is 0.101. The first-order chi connectivity index (χ1) is 15.3. The van der Waals surface area contributed by atoms with Crippen molar-refractivity contribution in [3.8, 4) is 5.69 Å². The minimum atomic E-state index is -4.60. The third kappa shape index (κ3) is 4.69. The molecule has 0 radical (unpaired) electrons. The van der Waals surface area contributed by atoms with Gasteiger partial charge in [0.15, 0.2) is 0 Å². The van der Waals surface area contributed by atoms with Gasteiger partial charge in [-0.1, -0.05) is 12.1 Å². The first-order valence-corrected chi connectivity index (χ1v) is 10.3. The molecule has 2 aromatic carbocycles. The maximum atomic E-state index is 13.2. The normalized spacial score (nSPS) is 14.9. The van der Waals surface area contributed by atoms with E-state index in [1.54, 1.807) is 17.0 Å². The van der Waals surface area contributed by atoms with Gasteiger partial charge in [0.05, 0.1) is 11.1 Å². The van der Waals surface area contributed by atoms with Gasteiger partial charge in [0.1, 0.15) is 0 Å².